The summed E-state index contributed by atoms with van der Waals surface area (Å²) in [7, 11) is 1.45. The van der Waals surface area contributed by atoms with Crippen LogP contribution in [0.4, 0.5) is 0 Å². The third-order valence-corrected chi connectivity index (χ3v) is 2.35. The third kappa shape index (κ3) is 0.897. The normalized spacial score (nSPS) is 32.3. The fourth-order valence-corrected chi connectivity index (χ4v) is 1.67. The van der Waals surface area contributed by atoms with E-state index in [0.29, 0.717) is 5.92 Å². The number of ether oxygens (including phenoxy) is 1. The van der Waals surface area contributed by atoms with E-state index < -0.39 is 0 Å². The maximum absolute atomic E-state index is 11.0. The zero-order valence-corrected chi connectivity index (χ0v) is 6.41. The molecule has 11 heavy (non-hydrogen) atoms. The van der Waals surface area contributed by atoms with Gasteiger partial charge in [-0.05, 0) is 6.42 Å². The van der Waals surface area contributed by atoms with E-state index in [0.717, 1.165) is 6.42 Å². The van der Waals surface area contributed by atoms with Gasteiger partial charge in [0.05, 0.1) is 13.0 Å². The number of carbonyl (C=O) groups excluding carboxylic acids is 1. The Morgan fingerprint density at radius 2 is 2.55 bits per heavy atom. The molecule has 0 N–H and O–H groups in total. The Morgan fingerprint density at radius 3 is 3.09 bits per heavy atom. The largest absolute Gasteiger partial charge is 0.469 e. The van der Waals surface area contributed by atoms with Gasteiger partial charge in [-0.1, -0.05) is 23.8 Å². The minimum absolute atomic E-state index is 0.0787. The minimum atomic E-state index is -0.0787. The van der Waals surface area contributed by atoms with Gasteiger partial charge in [-0.25, -0.2) is 0 Å². The van der Waals surface area contributed by atoms with Crippen molar-refractivity contribution >= 4 is 5.97 Å². The predicted octanol–water partition coefficient (Wildman–Crippen LogP) is 1.29. The zero-order valence-electron chi connectivity index (χ0n) is 6.41. The molecule has 0 heterocycles. The van der Waals surface area contributed by atoms with Crippen molar-refractivity contribution in [2.75, 3.05) is 7.11 Å². The lowest BCUT2D eigenvalue weighted by atomic mass is 10.2. The molecule has 0 spiro atoms. The monoisotopic (exact) mass is 150 g/mol. The zero-order chi connectivity index (χ0) is 7.84. The molecule has 0 aromatic heterocycles. The van der Waals surface area contributed by atoms with Gasteiger partial charge >= 0.3 is 5.97 Å². The molecule has 2 aliphatic carbocycles. The fraction of sp³-hybridized carbons (Fsp3) is 0.444. The highest BCUT2D eigenvalue weighted by Crippen LogP contribution is 2.50. The summed E-state index contributed by atoms with van der Waals surface area (Å²) < 4.78 is 4.66. The minimum Gasteiger partial charge on any atom is -0.469 e. The summed E-state index contributed by atoms with van der Waals surface area (Å²) in [4.78, 5) is 11.0. The second-order valence-electron chi connectivity index (χ2n) is 2.94. The lowest BCUT2D eigenvalue weighted by Crippen LogP contribution is -2.03. The number of rotatable bonds is 1. The van der Waals surface area contributed by atoms with Crippen LogP contribution in [0.2, 0.25) is 0 Å². The molecule has 2 nitrogen and oxygen atoms in total. The Kier molecular flexibility index (Phi) is 1.34. The Labute approximate surface area is 65.5 Å². The third-order valence-electron chi connectivity index (χ3n) is 2.35. The standard InChI is InChI=1S/C9H10O2/c1-11-9(10)8-6-4-2-3-5-7(6)8/h2-4,7-8H,5H2,1H3. The van der Waals surface area contributed by atoms with E-state index in [9.17, 15) is 4.79 Å². The summed E-state index contributed by atoms with van der Waals surface area (Å²) in [5.41, 5.74) is 1.25. The predicted molar refractivity (Wildman–Crippen MR) is 40.8 cm³/mol. The Hall–Kier alpha value is -1.05. The van der Waals surface area contributed by atoms with Crippen molar-refractivity contribution < 1.29 is 9.53 Å². The van der Waals surface area contributed by atoms with E-state index in [-0.39, 0.29) is 11.9 Å². The van der Waals surface area contributed by atoms with Gasteiger partial charge in [0.1, 0.15) is 0 Å². The second-order valence-corrected chi connectivity index (χ2v) is 2.94. The average Bonchev–Trinajstić information content (AvgIpc) is 2.77. The molecule has 2 rings (SSSR count). The number of esters is 1. The molecule has 0 aromatic carbocycles. The van der Waals surface area contributed by atoms with Crippen LogP contribution in [0.3, 0.4) is 0 Å². The highest BCUT2D eigenvalue weighted by Gasteiger charge is 2.49. The lowest BCUT2D eigenvalue weighted by Gasteiger charge is -1.93. The summed E-state index contributed by atoms with van der Waals surface area (Å²) in [5, 5.41) is 0. The number of methoxy groups -OCH3 is 1. The molecule has 1 saturated carbocycles. The SMILES string of the molecule is COC(=O)C1C2=CC=CCC21. The molecular weight excluding hydrogens is 140 g/mol. The van der Waals surface area contributed by atoms with Crippen LogP contribution >= 0.6 is 0 Å². The van der Waals surface area contributed by atoms with Crippen LogP contribution < -0.4 is 0 Å². The van der Waals surface area contributed by atoms with Crippen LogP contribution in [0.1, 0.15) is 6.42 Å². The van der Waals surface area contributed by atoms with Crippen molar-refractivity contribution in [1.29, 1.82) is 0 Å². The highest BCUT2D eigenvalue weighted by molar-refractivity contribution is 5.82. The molecule has 2 unspecified atom stereocenters. The van der Waals surface area contributed by atoms with Crippen LogP contribution in [0.5, 0.6) is 0 Å². The summed E-state index contributed by atoms with van der Waals surface area (Å²) >= 11 is 0. The van der Waals surface area contributed by atoms with Crippen LogP contribution in [-0.2, 0) is 9.53 Å². The second kappa shape index (κ2) is 2.22. The molecule has 2 atom stereocenters. The fourth-order valence-electron chi connectivity index (χ4n) is 1.67. The average molecular weight is 150 g/mol. The van der Waals surface area contributed by atoms with Gasteiger partial charge < -0.3 is 4.74 Å². The maximum atomic E-state index is 11.0. The van der Waals surface area contributed by atoms with Crippen molar-refractivity contribution in [3.05, 3.63) is 23.8 Å². The lowest BCUT2D eigenvalue weighted by molar-refractivity contribution is -0.142. The molecule has 0 aromatic rings. The first kappa shape index (κ1) is 6.65. The van der Waals surface area contributed by atoms with E-state index in [1.54, 1.807) is 0 Å². The van der Waals surface area contributed by atoms with Crippen molar-refractivity contribution in [3.8, 4) is 0 Å². The van der Waals surface area contributed by atoms with E-state index in [1.807, 2.05) is 12.2 Å². The molecule has 2 heteroatoms. The molecule has 58 valence electrons. The van der Waals surface area contributed by atoms with Gasteiger partial charge in [0, 0.05) is 5.92 Å². The van der Waals surface area contributed by atoms with E-state index in [2.05, 4.69) is 10.8 Å². The Balaban J connectivity index is 2.09. The number of fused-ring (bicyclic) bond motifs is 1. The number of carbonyl (C=O) groups is 1. The first-order chi connectivity index (χ1) is 5.34. The van der Waals surface area contributed by atoms with Gasteiger partial charge in [0.25, 0.3) is 0 Å². The first-order valence-corrected chi connectivity index (χ1v) is 3.79. The molecule has 0 radical (unpaired) electrons. The molecule has 0 amide bonds. The highest BCUT2D eigenvalue weighted by atomic mass is 16.5. The molecule has 1 fully saturated rings. The van der Waals surface area contributed by atoms with Crippen molar-refractivity contribution in [3.63, 3.8) is 0 Å². The van der Waals surface area contributed by atoms with E-state index >= 15 is 0 Å². The summed E-state index contributed by atoms with van der Waals surface area (Å²) in [5.74, 6) is 0.465. The van der Waals surface area contributed by atoms with Crippen molar-refractivity contribution in [1.82, 2.24) is 0 Å². The Morgan fingerprint density at radius 1 is 1.73 bits per heavy atom. The summed E-state index contributed by atoms with van der Waals surface area (Å²) in [6.45, 7) is 0. The molecule has 0 bridgehead atoms. The van der Waals surface area contributed by atoms with Gasteiger partial charge in [0.15, 0.2) is 0 Å². The van der Waals surface area contributed by atoms with Crippen molar-refractivity contribution in [2.24, 2.45) is 11.8 Å². The molecule has 0 saturated heterocycles. The smallest absolute Gasteiger partial charge is 0.313 e. The van der Waals surface area contributed by atoms with Gasteiger partial charge in [-0.2, -0.15) is 0 Å². The topological polar surface area (TPSA) is 26.3 Å². The number of allylic oxidation sites excluding steroid dienone is 3. The van der Waals surface area contributed by atoms with Crippen LogP contribution in [0.25, 0.3) is 0 Å². The van der Waals surface area contributed by atoms with Crippen molar-refractivity contribution in [2.45, 2.75) is 6.42 Å². The van der Waals surface area contributed by atoms with Crippen LogP contribution in [0, 0.1) is 11.8 Å². The summed E-state index contributed by atoms with van der Waals surface area (Å²) in [6.07, 6.45) is 7.13. The van der Waals surface area contributed by atoms with Crippen LogP contribution in [-0.4, -0.2) is 13.1 Å². The number of hydrogen-bond acceptors (Lipinski definition) is 2. The Bertz CT molecular complexity index is 250. The molecular formula is C9H10O2. The maximum Gasteiger partial charge on any atom is 0.313 e. The van der Waals surface area contributed by atoms with E-state index in [4.69, 9.17) is 0 Å². The van der Waals surface area contributed by atoms with Gasteiger partial charge in [0.2, 0.25) is 0 Å². The van der Waals surface area contributed by atoms with Gasteiger partial charge in [-0.3, -0.25) is 4.79 Å². The quantitative estimate of drug-likeness (QED) is 0.526. The van der Waals surface area contributed by atoms with Crippen LogP contribution in [0.15, 0.2) is 23.8 Å². The summed E-state index contributed by atoms with van der Waals surface area (Å²) in [6, 6.07) is 0. The number of hydrogen-bond donors (Lipinski definition) is 0. The first-order valence-electron chi connectivity index (χ1n) is 3.79. The molecule has 0 aliphatic heterocycles. The van der Waals surface area contributed by atoms with E-state index in [1.165, 1.54) is 12.7 Å². The van der Waals surface area contributed by atoms with Gasteiger partial charge in [-0.15, -0.1) is 0 Å². The molecule has 2 aliphatic rings.